The summed E-state index contributed by atoms with van der Waals surface area (Å²) in [5.41, 5.74) is 2.55. The first-order chi connectivity index (χ1) is 11.9. The molecule has 1 aliphatic rings. The average Bonchev–Trinajstić information content (AvgIpc) is 2.74. The predicted octanol–water partition coefficient (Wildman–Crippen LogP) is 4.23. The SMILES string of the molecule is C=CCN1C(=O)/C(=C\c2cc(C(C)(C)C)c(O)c(C(C)(C)C)c2)NC1=S. The van der Waals surface area contributed by atoms with Gasteiger partial charge in [-0.25, -0.2) is 0 Å². The molecule has 0 unspecified atom stereocenters. The van der Waals surface area contributed by atoms with Crippen LogP contribution in [0.2, 0.25) is 0 Å². The molecule has 140 valence electrons. The minimum absolute atomic E-state index is 0.169. The van der Waals surface area contributed by atoms with Crippen molar-refractivity contribution in [3.05, 3.63) is 47.2 Å². The molecule has 0 atom stereocenters. The third kappa shape index (κ3) is 3.98. The lowest BCUT2D eigenvalue weighted by Gasteiger charge is -2.28. The number of phenolic OH excluding ortho intramolecular Hbond substituents is 1. The minimum Gasteiger partial charge on any atom is -0.507 e. The molecule has 1 aliphatic heterocycles. The van der Waals surface area contributed by atoms with Crippen LogP contribution in [0.4, 0.5) is 0 Å². The van der Waals surface area contributed by atoms with Crippen LogP contribution in [-0.4, -0.2) is 27.6 Å². The number of hydrogen-bond acceptors (Lipinski definition) is 3. The number of nitrogens with zero attached hydrogens (tertiary/aromatic N) is 1. The number of amides is 1. The summed E-state index contributed by atoms with van der Waals surface area (Å²) < 4.78 is 0. The van der Waals surface area contributed by atoms with Gasteiger partial charge in [-0.3, -0.25) is 9.69 Å². The molecule has 0 spiro atoms. The van der Waals surface area contributed by atoms with Crippen molar-refractivity contribution in [2.24, 2.45) is 0 Å². The molecule has 0 aromatic heterocycles. The molecule has 26 heavy (non-hydrogen) atoms. The van der Waals surface area contributed by atoms with Crippen LogP contribution in [0.3, 0.4) is 0 Å². The summed E-state index contributed by atoms with van der Waals surface area (Å²) in [4.78, 5) is 14.0. The van der Waals surface area contributed by atoms with E-state index >= 15 is 0 Å². The third-order valence-electron chi connectivity index (χ3n) is 4.33. The normalized spacial score (nSPS) is 17.0. The molecule has 1 saturated heterocycles. The first-order valence-electron chi connectivity index (χ1n) is 8.69. The Morgan fingerprint density at radius 3 is 2.08 bits per heavy atom. The highest BCUT2D eigenvalue weighted by Gasteiger charge is 2.30. The number of aromatic hydroxyl groups is 1. The first-order valence-corrected chi connectivity index (χ1v) is 9.10. The maximum atomic E-state index is 12.6. The molecule has 0 saturated carbocycles. The maximum Gasteiger partial charge on any atom is 0.276 e. The number of carbonyl (C=O) groups excluding carboxylic acids is 1. The molecule has 5 heteroatoms. The fraction of sp³-hybridized carbons (Fsp3) is 0.429. The fourth-order valence-corrected chi connectivity index (χ4v) is 3.18. The number of phenols is 1. The van der Waals surface area contributed by atoms with Crippen LogP contribution in [-0.2, 0) is 15.6 Å². The number of hydrogen-bond donors (Lipinski definition) is 2. The summed E-state index contributed by atoms with van der Waals surface area (Å²) in [6.45, 7) is 16.4. The van der Waals surface area contributed by atoms with Crippen molar-refractivity contribution in [3.63, 3.8) is 0 Å². The lowest BCUT2D eigenvalue weighted by Crippen LogP contribution is -2.30. The highest BCUT2D eigenvalue weighted by molar-refractivity contribution is 7.80. The molecule has 2 N–H and O–H groups in total. The summed E-state index contributed by atoms with van der Waals surface area (Å²) >= 11 is 5.23. The lowest BCUT2D eigenvalue weighted by molar-refractivity contribution is -0.122. The summed E-state index contributed by atoms with van der Waals surface area (Å²) in [6.07, 6.45) is 3.44. The van der Waals surface area contributed by atoms with E-state index in [1.807, 2.05) is 12.1 Å². The highest BCUT2D eigenvalue weighted by atomic mass is 32.1. The Hall–Kier alpha value is -2.14. The lowest BCUT2D eigenvalue weighted by atomic mass is 9.78. The van der Waals surface area contributed by atoms with Gasteiger partial charge in [-0.1, -0.05) is 47.6 Å². The molecule has 1 aromatic carbocycles. The summed E-state index contributed by atoms with van der Waals surface area (Å²) in [5, 5.41) is 14.2. The second-order valence-corrected chi connectivity index (χ2v) is 9.04. The maximum absolute atomic E-state index is 12.6. The van der Waals surface area contributed by atoms with E-state index in [0.717, 1.165) is 16.7 Å². The largest absolute Gasteiger partial charge is 0.507 e. The summed E-state index contributed by atoms with van der Waals surface area (Å²) in [7, 11) is 0. The van der Waals surface area contributed by atoms with Gasteiger partial charge >= 0.3 is 0 Å². The smallest absolute Gasteiger partial charge is 0.276 e. The van der Waals surface area contributed by atoms with Crippen molar-refractivity contribution in [2.75, 3.05) is 6.54 Å². The molecule has 2 rings (SSSR count). The van der Waals surface area contributed by atoms with Gasteiger partial charge < -0.3 is 10.4 Å². The molecule has 1 amide bonds. The molecular weight excluding hydrogens is 344 g/mol. The predicted molar refractivity (Wildman–Crippen MR) is 111 cm³/mol. The number of nitrogens with one attached hydrogen (secondary N) is 1. The van der Waals surface area contributed by atoms with Crippen LogP contribution in [0.25, 0.3) is 6.08 Å². The zero-order chi connectivity index (χ0) is 19.9. The molecule has 1 heterocycles. The van der Waals surface area contributed by atoms with Gasteiger partial charge in [0.05, 0.1) is 0 Å². The molecule has 0 aliphatic carbocycles. The van der Waals surface area contributed by atoms with E-state index < -0.39 is 0 Å². The average molecular weight is 373 g/mol. The van der Waals surface area contributed by atoms with Crippen molar-refractivity contribution >= 4 is 29.3 Å². The molecule has 1 fully saturated rings. The minimum atomic E-state index is -0.226. The zero-order valence-electron chi connectivity index (χ0n) is 16.4. The Balaban J connectivity index is 2.59. The van der Waals surface area contributed by atoms with E-state index in [1.54, 1.807) is 12.2 Å². The third-order valence-corrected chi connectivity index (χ3v) is 4.66. The quantitative estimate of drug-likeness (QED) is 0.474. The number of carbonyl (C=O) groups is 1. The number of thiocarbonyl (C=S) groups is 1. The van der Waals surface area contributed by atoms with Crippen molar-refractivity contribution in [1.82, 2.24) is 10.2 Å². The molecule has 4 nitrogen and oxygen atoms in total. The second-order valence-electron chi connectivity index (χ2n) is 8.66. The Bertz CT molecular complexity index is 760. The van der Waals surface area contributed by atoms with Gasteiger partial charge in [-0.05, 0) is 46.8 Å². The topological polar surface area (TPSA) is 52.6 Å². The van der Waals surface area contributed by atoms with Crippen molar-refractivity contribution in [3.8, 4) is 5.75 Å². The zero-order valence-corrected chi connectivity index (χ0v) is 17.3. The Labute approximate surface area is 161 Å². The number of benzene rings is 1. The Kier molecular flexibility index (Phi) is 5.34. The van der Waals surface area contributed by atoms with Crippen LogP contribution >= 0.6 is 12.2 Å². The fourth-order valence-electron chi connectivity index (χ4n) is 2.92. The van der Waals surface area contributed by atoms with Gasteiger partial charge in [-0.15, -0.1) is 6.58 Å². The molecule has 0 radical (unpaired) electrons. The highest BCUT2D eigenvalue weighted by Crippen LogP contribution is 2.40. The summed E-state index contributed by atoms with van der Waals surface area (Å²) in [6, 6.07) is 3.87. The van der Waals surface area contributed by atoms with Gasteiger partial charge in [0, 0.05) is 17.7 Å². The standard InChI is InChI=1S/C21H28N2O2S/c1-8-9-23-18(25)16(22-19(23)26)12-13-10-14(20(2,3)4)17(24)15(11-13)21(5,6)7/h8,10-12,24H,1,9H2,2-7H3,(H,22,26)/b16-12+. The van der Waals surface area contributed by atoms with Crippen LogP contribution in [0, 0.1) is 0 Å². The molecule has 1 aromatic rings. The van der Waals surface area contributed by atoms with E-state index in [2.05, 4.69) is 53.4 Å². The number of rotatable bonds is 3. The van der Waals surface area contributed by atoms with Crippen molar-refractivity contribution in [1.29, 1.82) is 0 Å². The van der Waals surface area contributed by atoms with E-state index in [9.17, 15) is 9.90 Å². The van der Waals surface area contributed by atoms with Crippen LogP contribution in [0.5, 0.6) is 5.75 Å². The van der Waals surface area contributed by atoms with E-state index in [4.69, 9.17) is 12.2 Å². The van der Waals surface area contributed by atoms with Crippen LogP contribution in [0.15, 0.2) is 30.5 Å². The second kappa shape index (κ2) is 6.88. The van der Waals surface area contributed by atoms with Gasteiger partial charge in [0.15, 0.2) is 5.11 Å². The molecular formula is C21H28N2O2S. The molecule has 0 bridgehead atoms. The van der Waals surface area contributed by atoms with Gasteiger partial charge in [-0.2, -0.15) is 0 Å². The van der Waals surface area contributed by atoms with Crippen LogP contribution < -0.4 is 5.32 Å². The van der Waals surface area contributed by atoms with Gasteiger partial charge in [0.25, 0.3) is 5.91 Å². The Morgan fingerprint density at radius 1 is 1.15 bits per heavy atom. The van der Waals surface area contributed by atoms with Crippen LogP contribution in [0.1, 0.15) is 58.2 Å². The van der Waals surface area contributed by atoms with E-state index in [-0.39, 0.29) is 16.7 Å². The Morgan fingerprint density at radius 2 is 1.65 bits per heavy atom. The first kappa shape index (κ1) is 20.2. The van der Waals surface area contributed by atoms with Crippen molar-refractivity contribution < 1.29 is 9.90 Å². The van der Waals surface area contributed by atoms with Gasteiger partial charge in [0.1, 0.15) is 11.4 Å². The van der Waals surface area contributed by atoms with E-state index in [1.165, 1.54) is 4.90 Å². The van der Waals surface area contributed by atoms with Crippen molar-refractivity contribution in [2.45, 2.75) is 52.4 Å². The monoisotopic (exact) mass is 372 g/mol. The van der Waals surface area contributed by atoms with Gasteiger partial charge in [0.2, 0.25) is 0 Å². The summed E-state index contributed by atoms with van der Waals surface area (Å²) in [5.74, 6) is 0.152. The van der Waals surface area contributed by atoms with E-state index in [0.29, 0.717) is 23.1 Å².